The zero-order valence-electron chi connectivity index (χ0n) is 16.3. The van der Waals surface area contributed by atoms with Gasteiger partial charge in [0.2, 0.25) is 0 Å². The fraction of sp³-hybridized carbons (Fsp3) is 0.526. The number of nitrogens with zero attached hydrogens (tertiary/aromatic N) is 4. The topological polar surface area (TPSA) is 89.1 Å². The molecule has 1 atom stereocenters. The fourth-order valence-corrected chi connectivity index (χ4v) is 4.24. The summed E-state index contributed by atoms with van der Waals surface area (Å²) in [6.07, 6.45) is -1.61. The molecule has 2 aromatic rings. The van der Waals surface area contributed by atoms with Crippen molar-refractivity contribution in [1.29, 1.82) is 0 Å². The number of carbonyl (C=O) groups is 1. The molecule has 4 heterocycles. The van der Waals surface area contributed by atoms with E-state index in [0.29, 0.717) is 25.3 Å². The van der Waals surface area contributed by atoms with Crippen LogP contribution in [0.4, 0.5) is 23.8 Å². The minimum atomic E-state index is -4.58. The Kier molecular flexibility index (Phi) is 4.47. The number of aryl methyl sites for hydroxylation is 1. The second-order valence-corrected chi connectivity index (χ2v) is 8.10. The number of pyridine rings is 1. The van der Waals surface area contributed by atoms with E-state index < -0.39 is 17.6 Å². The number of hydrogen-bond acceptors (Lipinski definition) is 4. The van der Waals surface area contributed by atoms with Crippen LogP contribution in [0.15, 0.2) is 18.3 Å². The van der Waals surface area contributed by atoms with Gasteiger partial charge in [0, 0.05) is 48.5 Å². The number of fused-ring (bicyclic) bond motifs is 2. The van der Waals surface area contributed by atoms with Gasteiger partial charge in [-0.25, -0.2) is 9.78 Å². The van der Waals surface area contributed by atoms with Gasteiger partial charge in [0.15, 0.2) is 0 Å². The largest absolute Gasteiger partial charge is 0.419 e. The van der Waals surface area contributed by atoms with Gasteiger partial charge < -0.3 is 16.0 Å². The maximum Gasteiger partial charge on any atom is 0.419 e. The summed E-state index contributed by atoms with van der Waals surface area (Å²) in [5, 5.41) is 7.41. The molecule has 2 aromatic heterocycles. The van der Waals surface area contributed by atoms with Crippen LogP contribution in [-0.2, 0) is 18.1 Å². The molecule has 2 aliphatic rings. The number of likely N-dealkylation sites (tertiary alicyclic amines) is 1. The zero-order valence-corrected chi connectivity index (χ0v) is 16.3. The highest BCUT2D eigenvalue weighted by Crippen LogP contribution is 2.44. The molecule has 2 amide bonds. The molecule has 0 aromatic carbocycles. The van der Waals surface area contributed by atoms with Crippen LogP contribution in [0.25, 0.3) is 11.3 Å². The second-order valence-electron chi connectivity index (χ2n) is 8.10. The van der Waals surface area contributed by atoms with Gasteiger partial charge in [-0.05, 0) is 38.8 Å². The molecule has 2 aliphatic heterocycles. The highest BCUT2D eigenvalue weighted by molar-refractivity contribution is 5.75. The van der Waals surface area contributed by atoms with E-state index in [1.807, 2.05) is 24.6 Å². The summed E-state index contributed by atoms with van der Waals surface area (Å²) >= 11 is 0. The first-order valence-corrected chi connectivity index (χ1v) is 9.56. The Balaban J connectivity index is 1.62. The monoisotopic (exact) mass is 408 g/mol. The number of nitrogens with one attached hydrogen (secondary N) is 1. The van der Waals surface area contributed by atoms with Gasteiger partial charge >= 0.3 is 12.2 Å². The molecule has 10 heteroatoms. The molecule has 0 radical (unpaired) electrons. The van der Waals surface area contributed by atoms with Crippen LogP contribution in [0, 0.1) is 0 Å². The first-order chi connectivity index (χ1) is 13.6. The van der Waals surface area contributed by atoms with Crippen LogP contribution in [0.2, 0.25) is 0 Å². The molecule has 0 bridgehead atoms. The molecule has 4 rings (SSSR count). The maximum absolute atomic E-state index is 13.2. The van der Waals surface area contributed by atoms with E-state index in [9.17, 15) is 18.0 Å². The number of alkyl halides is 3. The summed E-state index contributed by atoms with van der Waals surface area (Å²) in [4.78, 5) is 17.9. The molecule has 0 aliphatic carbocycles. The second kappa shape index (κ2) is 6.64. The predicted octanol–water partition coefficient (Wildman–Crippen LogP) is 3.01. The van der Waals surface area contributed by atoms with Gasteiger partial charge in [0.05, 0.1) is 11.3 Å². The van der Waals surface area contributed by atoms with Crippen LogP contribution >= 0.6 is 0 Å². The van der Waals surface area contributed by atoms with E-state index in [-0.39, 0.29) is 23.1 Å². The third-order valence-electron chi connectivity index (χ3n) is 5.70. The first kappa shape index (κ1) is 19.5. The number of amides is 2. The van der Waals surface area contributed by atoms with Crippen LogP contribution in [0.3, 0.4) is 0 Å². The van der Waals surface area contributed by atoms with Crippen molar-refractivity contribution in [3.8, 4) is 11.3 Å². The lowest BCUT2D eigenvalue weighted by molar-refractivity contribution is -0.137. The van der Waals surface area contributed by atoms with Crippen LogP contribution in [-0.4, -0.2) is 44.8 Å². The van der Waals surface area contributed by atoms with E-state index in [1.165, 1.54) is 6.20 Å². The number of nitrogens with two attached hydrogens (primary N) is 1. The summed E-state index contributed by atoms with van der Waals surface area (Å²) in [7, 11) is 0. The average Bonchev–Trinajstić information content (AvgIpc) is 3.31. The van der Waals surface area contributed by atoms with Crippen molar-refractivity contribution in [3.05, 3.63) is 29.6 Å². The molecule has 1 saturated heterocycles. The average molecular weight is 408 g/mol. The van der Waals surface area contributed by atoms with Gasteiger partial charge in [-0.2, -0.15) is 18.3 Å². The lowest BCUT2D eigenvalue weighted by Gasteiger charge is -2.24. The SMILES string of the molecule is CC(C)NC(=O)N1CCC2(CCn3nc(-c4cnc(N)c(C(F)(F)F)c4)cc32)C1. The normalized spacial score (nSPS) is 21.2. The maximum atomic E-state index is 13.2. The van der Waals surface area contributed by atoms with Gasteiger partial charge in [0.1, 0.15) is 5.82 Å². The van der Waals surface area contributed by atoms with Gasteiger partial charge in [-0.1, -0.05) is 0 Å². The number of anilines is 1. The van der Waals surface area contributed by atoms with Crippen molar-refractivity contribution < 1.29 is 18.0 Å². The molecule has 1 fully saturated rings. The van der Waals surface area contributed by atoms with Crippen LogP contribution in [0.5, 0.6) is 0 Å². The third kappa shape index (κ3) is 3.40. The molecular formula is C19H23F3N6O. The van der Waals surface area contributed by atoms with Gasteiger partial charge in [-0.3, -0.25) is 4.68 Å². The first-order valence-electron chi connectivity index (χ1n) is 9.56. The van der Waals surface area contributed by atoms with Crippen LogP contribution in [0.1, 0.15) is 37.9 Å². The summed E-state index contributed by atoms with van der Waals surface area (Å²) in [6.45, 7) is 5.71. The Hall–Kier alpha value is -2.78. The summed E-state index contributed by atoms with van der Waals surface area (Å²) in [6, 6.07) is 2.78. The molecule has 156 valence electrons. The Labute approximate surface area is 166 Å². The van der Waals surface area contributed by atoms with Gasteiger partial charge in [-0.15, -0.1) is 0 Å². The number of urea groups is 1. The predicted molar refractivity (Wildman–Crippen MR) is 101 cm³/mol. The van der Waals surface area contributed by atoms with Crippen molar-refractivity contribution in [3.63, 3.8) is 0 Å². The van der Waals surface area contributed by atoms with E-state index in [1.54, 1.807) is 4.90 Å². The third-order valence-corrected chi connectivity index (χ3v) is 5.70. The van der Waals surface area contributed by atoms with Crippen LogP contribution < -0.4 is 11.1 Å². The molecule has 0 saturated carbocycles. The zero-order chi connectivity index (χ0) is 21.0. The quantitative estimate of drug-likeness (QED) is 0.800. The molecule has 29 heavy (non-hydrogen) atoms. The van der Waals surface area contributed by atoms with Crippen molar-refractivity contribution >= 4 is 11.8 Å². The number of hydrogen-bond donors (Lipinski definition) is 2. The number of aromatic nitrogens is 3. The number of nitrogen functional groups attached to an aromatic ring is 1. The lowest BCUT2D eigenvalue weighted by atomic mass is 9.82. The number of halogens is 3. The van der Waals surface area contributed by atoms with Crippen molar-refractivity contribution in [2.24, 2.45) is 0 Å². The standard InChI is InChI=1S/C19H23F3N6O/c1-11(2)25-17(29)27-5-3-18(10-27)4-6-28-15(18)8-14(26-28)12-7-13(19(20,21)22)16(23)24-9-12/h7-9,11H,3-6,10H2,1-2H3,(H2,23,24)(H,25,29). The summed E-state index contributed by atoms with van der Waals surface area (Å²) in [5.74, 6) is -0.549. The summed E-state index contributed by atoms with van der Waals surface area (Å²) < 4.78 is 41.3. The van der Waals surface area contributed by atoms with E-state index in [0.717, 1.165) is 24.6 Å². The fourth-order valence-electron chi connectivity index (χ4n) is 4.24. The lowest BCUT2D eigenvalue weighted by Crippen LogP contribution is -2.43. The minimum Gasteiger partial charge on any atom is -0.383 e. The summed E-state index contributed by atoms with van der Waals surface area (Å²) in [5.41, 5.74) is 5.88. The molecule has 3 N–H and O–H groups in total. The van der Waals surface area contributed by atoms with E-state index >= 15 is 0 Å². The smallest absolute Gasteiger partial charge is 0.383 e. The van der Waals surface area contributed by atoms with Gasteiger partial charge in [0.25, 0.3) is 0 Å². The number of rotatable bonds is 2. The highest BCUT2D eigenvalue weighted by atomic mass is 19.4. The van der Waals surface area contributed by atoms with E-state index in [4.69, 9.17) is 5.73 Å². The van der Waals surface area contributed by atoms with Crippen molar-refractivity contribution in [1.82, 2.24) is 25.0 Å². The van der Waals surface area contributed by atoms with E-state index in [2.05, 4.69) is 15.4 Å². The Morgan fingerprint density at radius 1 is 1.28 bits per heavy atom. The van der Waals surface area contributed by atoms with Crippen molar-refractivity contribution in [2.75, 3.05) is 18.8 Å². The molecule has 1 unspecified atom stereocenters. The molecular weight excluding hydrogens is 385 g/mol. The Bertz CT molecular complexity index is 954. The number of carbonyl (C=O) groups excluding carboxylic acids is 1. The Morgan fingerprint density at radius 2 is 2.00 bits per heavy atom. The molecule has 7 nitrogen and oxygen atoms in total. The molecule has 1 spiro atoms. The Morgan fingerprint density at radius 3 is 2.69 bits per heavy atom. The highest BCUT2D eigenvalue weighted by Gasteiger charge is 2.47. The van der Waals surface area contributed by atoms with Crippen molar-refractivity contribution in [2.45, 2.75) is 50.9 Å². The minimum absolute atomic E-state index is 0.0561.